The van der Waals surface area contributed by atoms with Gasteiger partial charge in [0.05, 0.1) is 7.11 Å². The van der Waals surface area contributed by atoms with E-state index < -0.39 is 0 Å². The molecule has 5 nitrogen and oxygen atoms in total. The van der Waals surface area contributed by atoms with E-state index >= 15 is 0 Å². The van der Waals surface area contributed by atoms with Crippen molar-refractivity contribution in [1.29, 1.82) is 0 Å². The molecule has 1 rings (SSSR count). The van der Waals surface area contributed by atoms with Gasteiger partial charge in [0.25, 0.3) is 0 Å². The largest absolute Gasteiger partial charge is 0.469 e. The second-order valence-electron chi connectivity index (χ2n) is 4.54. The Morgan fingerprint density at radius 2 is 2.00 bits per heavy atom. The maximum absolute atomic E-state index is 11.5. The highest BCUT2D eigenvalue weighted by molar-refractivity contribution is 5.72. The number of carbonyl (C=O) groups is 2. The number of esters is 2. The van der Waals surface area contributed by atoms with Gasteiger partial charge in [0.1, 0.15) is 6.61 Å². The van der Waals surface area contributed by atoms with Crippen molar-refractivity contribution >= 4 is 11.9 Å². The zero-order chi connectivity index (χ0) is 13.4. The fourth-order valence-electron chi connectivity index (χ4n) is 2.24. The van der Waals surface area contributed by atoms with Gasteiger partial charge in [0.2, 0.25) is 0 Å². The van der Waals surface area contributed by atoms with Crippen LogP contribution in [0.2, 0.25) is 0 Å². The van der Waals surface area contributed by atoms with E-state index in [1.165, 1.54) is 13.5 Å². The Bertz CT molecular complexity index is 280. The summed E-state index contributed by atoms with van der Waals surface area (Å²) < 4.78 is 9.74. The van der Waals surface area contributed by atoms with Crippen LogP contribution in [0.1, 0.15) is 39.0 Å². The molecular weight excluding hydrogens is 234 g/mol. The van der Waals surface area contributed by atoms with Crippen LogP contribution >= 0.6 is 0 Å². The Labute approximate surface area is 108 Å². The fraction of sp³-hybridized carbons (Fsp3) is 0.846. The van der Waals surface area contributed by atoms with Gasteiger partial charge in [-0.2, -0.15) is 0 Å². The summed E-state index contributed by atoms with van der Waals surface area (Å²) in [4.78, 5) is 24.7. The average Bonchev–Trinajstić information content (AvgIpc) is 2.83. The Morgan fingerprint density at radius 1 is 1.28 bits per heavy atom. The van der Waals surface area contributed by atoms with Crippen LogP contribution in [-0.4, -0.2) is 49.7 Å². The van der Waals surface area contributed by atoms with Gasteiger partial charge in [-0.1, -0.05) is 6.92 Å². The van der Waals surface area contributed by atoms with Gasteiger partial charge in [-0.3, -0.25) is 14.5 Å². The summed E-state index contributed by atoms with van der Waals surface area (Å²) in [6.07, 6.45) is 3.33. The Balaban J connectivity index is 2.11. The van der Waals surface area contributed by atoms with Crippen molar-refractivity contribution in [3.05, 3.63) is 0 Å². The van der Waals surface area contributed by atoms with Crippen molar-refractivity contribution in [2.45, 2.75) is 45.1 Å². The van der Waals surface area contributed by atoms with Crippen LogP contribution < -0.4 is 0 Å². The molecule has 0 amide bonds. The Kier molecular flexibility index (Phi) is 6.72. The van der Waals surface area contributed by atoms with Gasteiger partial charge in [0.15, 0.2) is 0 Å². The lowest BCUT2D eigenvalue weighted by molar-refractivity contribution is -0.145. The van der Waals surface area contributed by atoms with Crippen LogP contribution in [-0.2, 0) is 19.1 Å². The minimum Gasteiger partial charge on any atom is -0.469 e. The molecule has 104 valence electrons. The molecule has 0 aliphatic carbocycles. The van der Waals surface area contributed by atoms with Crippen LogP contribution in [0.25, 0.3) is 0 Å². The smallest absolute Gasteiger partial charge is 0.305 e. The number of likely N-dealkylation sites (N-methyl/N-ethyl adjacent to an activating group) is 1. The van der Waals surface area contributed by atoms with E-state index in [9.17, 15) is 9.59 Å². The average molecular weight is 257 g/mol. The third kappa shape index (κ3) is 5.04. The number of rotatable bonds is 7. The van der Waals surface area contributed by atoms with E-state index in [1.807, 2.05) is 0 Å². The summed E-state index contributed by atoms with van der Waals surface area (Å²) in [6.45, 7) is 4.70. The molecule has 0 saturated carbocycles. The zero-order valence-corrected chi connectivity index (χ0v) is 11.3. The van der Waals surface area contributed by atoms with Crippen molar-refractivity contribution in [2.24, 2.45) is 0 Å². The first-order chi connectivity index (χ1) is 8.67. The van der Waals surface area contributed by atoms with Crippen LogP contribution in [0.4, 0.5) is 0 Å². The molecule has 1 heterocycles. The first kappa shape index (κ1) is 15.0. The highest BCUT2D eigenvalue weighted by Crippen LogP contribution is 2.16. The lowest BCUT2D eigenvalue weighted by Crippen LogP contribution is -2.33. The lowest BCUT2D eigenvalue weighted by atomic mass is 10.2. The molecule has 0 aromatic heterocycles. The summed E-state index contributed by atoms with van der Waals surface area (Å²) >= 11 is 0. The number of carbonyl (C=O) groups excluding carboxylic acids is 2. The number of ether oxygens (including phenoxy) is 2. The molecule has 1 saturated heterocycles. The normalized spacial score (nSPS) is 19.8. The van der Waals surface area contributed by atoms with E-state index in [4.69, 9.17) is 4.74 Å². The zero-order valence-electron chi connectivity index (χ0n) is 11.3. The molecular formula is C13H23NO4. The summed E-state index contributed by atoms with van der Waals surface area (Å²) in [7, 11) is 1.35. The van der Waals surface area contributed by atoms with Crippen LogP contribution in [0.3, 0.4) is 0 Å². The van der Waals surface area contributed by atoms with Gasteiger partial charge in [-0.05, 0) is 32.4 Å². The van der Waals surface area contributed by atoms with Crippen LogP contribution in [0.15, 0.2) is 0 Å². The maximum atomic E-state index is 11.5. The van der Waals surface area contributed by atoms with Crippen molar-refractivity contribution in [1.82, 2.24) is 4.90 Å². The predicted octanol–water partition coefficient (Wildman–Crippen LogP) is 1.36. The number of hydrogen-bond donors (Lipinski definition) is 0. The third-order valence-corrected chi connectivity index (χ3v) is 3.33. The molecule has 18 heavy (non-hydrogen) atoms. The van der Waals surface area contributed by atoms with E-state index in [0.29, 0.717) is 19.1 Å². The summed E-state index contributed by atoms with van der Waals surface area (Å²) in [5.41, 5.74) is 0. The molecule has 0 unspecified atom stereocenters. The van der Waals surface area contributed by atoms with Crippen LogP contribution in [0, 0.1) is 0 Å². The monoisotopic (exact) mass is 257 g/mol. The first-order valence-corrected chi connectivity index (χ1v) is 6.63. The highest BCUT2D eigenvalue weighted by Gasteiger charge is 2.24. The number of likely N-dealkylation sites (tertiary alicyclic amines) is 1. The summed E-state index contributed by atoms with van der Waals surface area (Å²) in [6, 6.07) is 0.375. The molecule has 0 spiro atoms. The minimum atomic E-state index is -0.282. The third-order valence-electron chi connectivity index (χ3n) is 3.33. The standard InChI is InChI=1S/C13H23NO4/c1-3-14-9-5-6-11(14)10-18-13(16)8-4-7-12(15)17-2/h11H,3-10H2,1-2H3/t11-/m0/s1. The molecule has 0 N–H and O–H groups in total. The van der Waals surface area contributed by atoms with E-state index in [2.05, 4.69) is 16.6 Å². The molecule has 0 bridgehead atoms. The van der Waals surface area contributed by atoms with Gasteiger partial charge >= 0.3 is 11.9 Å². The fourth-order valence-corrected chi connectivity index (χ4v) is 2.24. The number of hydrogen-bond acceptors (Lipinski definition) is 5. The van der Waals surface area contributed by atoms with Crippen molar-refractivity contribution in [2.75, 3.05) is 26.8 Å². The molecule has 0 radical (unpaired) electrons. The quantitative estimate of drug-likeness (QED) is 0.644. The molecule has 1 aliphatic heterocycles. The molecule has 0 aromatic carbocycles. The summed E-state index contributed by atoms with van der Waals surface area (Å²) in [5.74, 6) is -0.502. The lowest BCUT2D eigenvalue weighted by Gasteiger charge is -2.22. The maximum Gasteiger partial charge on any atom is 0.305 e. The van der Waals surface area contributed by atoms with Crippen molar-refractivity contribution in [3.8, 4) is 0 Å². The van der Waals surface area contributed by atoms with Crippen LogP contribution in [0.5, 0.6) is 0 Å². The van der Waals surface area contributed by atoms with Crippen molar-refractivity contribution < 1.29 is 19.1 Å². The second-order valence-corrected chi connectivity index (χ2v) is 4.54. The van der Waals surface area contributed by atoms with Gasteiger partial charge in [0, 0.05) is 18.9 Å². The molecule has 5 heteroatoms. The number of nitrogens with zero attached hydrogens (tertiary/aromatic N) is 1. The Morgan fingerprint density at radius 3 is 2.67 bits per heavy atom. The molecule has 1 aliphatic rings. The highest BCUT2D eigenvalue weighted by atomic mass is 16.5. The van der Waals surface area contributed by atoms with Crippen molar-refractivity contribution in [3.63, 3.8) is 0 Å². The summed E-state index contributed by atoms with van der Waals surface area (Å²) in [5, 5.41) is 0. The van der Waals surface area contributed by atoms with Gasteiger partial charge < -0.3 is 9.47 Å². The molecule has 1 atom stereocenters. The molecule has 1 fully saturated rings. The first-order valence-electron chi connectivity index (χ1n) is 6.63. The minimum absolute atomic E-state index is 0.221. The number of methoxy groups -OCH3 is 1. The Hall–Kier alpha value is -1.10. The topological polar surface area (TPSA) is 55.8 Å². The predicted molar refractivity (Wildman–Crippen MR) is 67.1 cm³/mol. The molecule has 0 aromatic rings. The van der Waals surface area contributed by atoms with E-state index in [0.717, 1.165) is 19.5 Å². The van der Waals surface area contributed by atoms with E-state index in [-0.39, 0.29) is 24.8 Å². The van der Waals surface area contributed by atoms with Gasteiger partial charge in [-0.25, -0.2) is 0 Å². The van der Waals surface area contributed by atoms with Gasteiger partial charge in [-0.15, -0.1) is 0 Å². The van der Waals surface area contributed by atoms with E-state index in [1.54, 1.807) is 0 Å². The second kappa shape index (κ2) is 8.08. The SMILES string of the molecule is CCN1CCC[C@H]1COC(=O)CCCC(=O)OC.